The van der Waals surface area contributed by atoms with Crippen LogP contribution in [0.4, 0.5) is 4.39 Å². The zero-order valence-corrected chi connectivity index (χ0v) is 11.1. The third-order valence-corrected chi connectivity index (χ3v) is 4.72. The summed E-state index contributed by atoms with van der Waals surface area (Å²) < 4.78 is 13.7. The Morgan fingerprint density at radius 1 is 1.41 bits per heavy atom. The highest BCUT2D eigenvalue weighted by atomic mass is 32.2. The van der Waals surface area contributed by atoms with E-state index in [-0.39, 0.29) is 11.9 Å². The zero-order chi connectivity index (χ0) is 12.3. The zero-order valence-electron chi connectivity index (χ0n) is 10.3. The summed E-state index contributed by atoms with van der Waals surface area (Å²) in [5.74, 6) is 1.74. The van der Waals surface area contributed by atoms with Gasteiger partial charge in [0.2, 0.25) is 0 Å². The summed E-state index contributed by atoms with van der Waals surface area (Å²) in [7, 11) is 0. The number of benzene rings is 1. The van der Waals surface area contributed by atoms with E-state index in [1.807, 2.05) is 13.0 Å². The molecule has 2 rings (SSSR count). The maximum Gasteiger partial charge on any atom is 0.129 e. The van der Waals surface area contributed by atoms with Crippen LogP contribution in [0.2, 0.25) is 0 Å². The first-order chi connectivity index (χ1) is 8.18. The van der Waals surface area contributed by atoms with Crippen molar-refractivity contribution in [3.63, 3.8) is 0 Å². The lowest BCUT2D eigenvalue weighted by molar-refractivity contribution is 0.584. The Labute approximate surface area is 107 Å². The molecule has 0 amide bonds. The fourth-order valence-corrected chi connectivity index (χ4v) is 3.83. The molecule has 0 radical (unpaired) electrons. The van der Waals surface area contributed by atoms with Gasteiger partial charge in [-0.15, -0.1) is 11.8 Å². The fourth-order valence-electron chi connectivity index (χ4n) is 2.47. The third kappa shape index (κ3) is 3.23. The van der Waals surface area contributed by atoms with Gasteiger partial charge in [-0.05, 0) is 37.8 Å². The Bertz CT molecular complexity index is 372. The van der Waals surface area contributed by atoms with Crippen molar-refractivity contribution in [1.82, 2.24) is 0 Å². The highest BCUT2D eigenvalue weighted by molar-refractivity contribution is 7.99. The molecule has 0 bridgehead atoms. The van der Waals surface area contributed by atoms with Crippen LogP contribution in [0.1, 0.15) is 44.2 Å². The maximum atomic E-state index is 13.7. The van der Waals surface area contributed by atoms with Crippen molar-refractivity contribution < 1.29 is 4.39 Å². The Kier molecular flexibility index (Phi) is 4.46. The van der Waals surface area contributed by atoms with Gasteiger partial charge in [-0.2, -0.15) is 0 Å². The van der Waals surface area contributed by atoms with Gasteiger partial charge in [-0.25, -0.2) is 4.39 Å². The predicted molar refractivity (Wildman–Crippen MR) is 71.7 cm³/mol. The molecule has 1 unspecified atom stereocenters. The second-order valence-electron chi connectivity index (χ2n) is 4.90. The van der Waals surface area contributed by atoms with Crippen LogP contribution >= 0.6 is 11.8 Å². The molecule has 1 aliphatic carbocycles. The van der Waals surface area contributed by atoms with Crippen LogP contribution in [0.25, 0.3) is 0 Å². The lowest BCUT2D eigenvalue weighted by atomic mass is 10.1. The summed E-state index contributed by atoms with van der Waals surface area (Å²) in [4.78, 5) is 1.02. The van der Waals surface area contributed by atoms with Crippen molar-refractivity contribution in [2.24, 2.45) is 11.7 Å². The molecule has 1 aromatic rings. The highest BCUT2D eigenvalue weighted by Crippen LogP contribution is 2.34. The van der Waals surface area contributed by atoms with Gasteiger partial charge >= 0.3 is 0 Å². The van der Waals surface area contributed by atoms with Gasteiger partial charge in [0.15, 0.2) is 0 Å². The SMILES string of the molecule is CC(N)c1c(F)cccc1SCC1CCCC1. The van der Waals surface area contributed by atoms with Crippen LogP contribution in [0.3, 0.4) is 0 Å². The second-order valence-corrected chi connectivity index (χ2v) is 5.96. The number of hydrogen-bond acceptors (Lipinski definition) is 2. The van der Waals surface area contributed by atoms with Gasteiger partial charge in [0.25, 0.3) is 0 Å². The van der Waals surface area contributed by atoms with Crippen LogP contribution < -0.4 is 5.73 Å². The first-order valence-electron chi connectivity index (χ1n) is 6.35. The molecular formula is C14H20FNS. The normalized spacial score (nSPS) is 18.5. The smallest absolute Gasteiger partial charge is 0.129 e. The van der Waals surface area contributed by atoms with Crippen LogP contribution in [-0.4, -0.2) is 5.75 Å². The predicted octanol–water partition coefficient (Wildman–Crippen LogP) is 4.13. The van der Waals surface area contributed by atoms with Gasteiger partial charge < -0.3 is 5.73 Å². The van der Waals surface area contributed by atoms with E-state index in [1.165, 1.54) is 31.7 Å². The minimum atomic E-state index is -0.234. The molecular weight excluding hydrogens is 233 g/mol. The quantitative estimate of drug-likeness (QED) is 0.817. The van der Waals surface area contributed by atoms with Gasteiger partial charge in [0, 0.05) is 22.3 Å². The molecule has 0 heterocycles. The van der Waals surface area contributed by atoms with E-state index in [9.17, 15) is 4.39 Å². The average molecular weight is 253 g/mol. The Balaban J connectivity index is 2.06. The molecule has 1 saturated carbocycles. The van der Waals surface area contributed by atoms with Crippen molar-refractivity contribution in [2.75, 3.05) is 5.75 Å². The summed E-state index contributed by atoms with van der Waals surface area (Å²) in [6.07, 6.45) is 5.37. The summed E-state index contributed by atoms with van der Waals surface area (Å²) in [5, 5.41) is 0. The maximum absolute atomic E-state index is 13.7. The van der Waals surface area contributed by atoms with E-state index < -0.39 is 0 Å². The van der Waals surface area contributed by atoms with E-state index in [4.69, 9.17) is 5.73 Å². The molecule has 1 fully saturated rings. The molecule has 17 heavy (non-hydrogen) atoms. The fraction of sp³-hybridized carbons (Fsp3) is 0.571. The average Bonchev–Trinajstić information content (AvgIpc) is 2.78. The van der Waals surface area contributed by atoms with Gasteiger partial charge in [0.05, 0.1) is 0 Å². The van der Waals surface area contributed by atoms with Crippen molar-refractivity contribution in [3.05, 3.63) is 29.6 Å². The molecule has 1 aliphatic rings. The third-order valence-electron chi connectivity index (χ3n) is 3.42. The molecule has 0 aliphatic heterocycles. The second kappa shape index (κ2) is 5.87. The molecule has 1 atom stereocenters. The number of rotatable bonds is 4. The summed E-state index contributed by atoms with van der Waals surface area (Å²) >= 11 is 1.77. The molecule has 0 spiro atoms. The number of hydrogen-bond donors (Lipinski definition) is 1. The van der Waals surface area contributed by atoms with Crippen LogP contribution in [0, 0.1) is 11.7 Å². The number of nitrogens with two attached hydrogens (primary N) is 1. The lowest BCUT2D eigenvalue weighted by Gasteiger charge is -2.15. The molecule has 2 N–H and O–H groups in total. The molecule has 0 aromatic heterocycles. The molecule has 0 saturated heterocycles. The first-order valence-corrected chi connectivity index (χ1v) is 7.34. The van der Waals surface area contributed by atoms with Crippen molar-refractivity contribution in [3.8, 4) is 0 Å². The van der Waals surface area contributed by atoms with E-state index >= 15 is 0 Å². The lowest BCUT2D eigenvalue weighted by Crippen LogP contribution is -2.09. The Morgan fingerprint density at radius 2 is 2.12 bits per heavy atom. The molecule has 1 aromatic carbocycles. The van der Waals surface area contributed by atoms with Crippen LogP contribution in [0.5, 0.6) is 0 Å². The van der Waals surface area contributed by atoms with E-state index in [2.05, 4.69) is 0 Å². The number of halogens is 1. The molecule has 1 nitrogen and oxygen atoms in total. The van der Waals surface area contributed by atoms with E-state index in [0.29, 0.717) is 5.56 Å². The summed E-state index contributed by atoms with van der Waals surface area (Å²) in [6.45, 7) is 1.85. The van der Waals surface area contributed by atoms with E-state index in [0.717, 1.165) is 16.6 Å². The van der Waals surface area contributed by atoms with Gasteiger partial charge in [-0.1, -0.05) is 18.9 Å². The minimum absolute atomic E-state index is 0.170. The number of thioether (sulfide) groups is 1. The molecule has 3 heteroatoms. The van der Waals surface area contributed by atoms with Crippen LogP contribution in [-0.2, 0) is 0 Å². The van der Waals surface area contributed by atoms with E-state index in [1.54, 1.807) is 17.8 Å². The highest BCUT2D eigenvalue weighted by Gasteiger charge is 2.17. The monoisotopic (exact) mass is 253 g/mol. The largest absolute Gasteiger partial charge is 0.324 e. The molecule has 94 valence electrons. The van der Waals surface area contributed by atoms with Gasteiger partial charge in [-0.3, -0.25) is 0 Å². The summed E-state index contributed by atoms with van der Waals surface area (Å²) in [5.41, 5.74) is 6.52. The standard InChI is InChI=1S/C14H20FNS/c1-10(16)14-12(15)7-4-8-13(14)17-9-11-5-2-3-6-11/h4,7-8,10-11H,2-3,5-6,9,16H2,1H3. The van der Waals surface area contributed by atoms with Crippen LogP contribution in [0.15, 0.2) is 23.1 Å². The topological polar surface area (TPSA) is 26.0 Å². The van der Waals surface area contributed by atoms with Crippen molar-refractivity contribution >= 4 is 11.8 Å². The van der Waals surface area contributed by atoms with Crippen molar-refractivity contribution in [1.29, 1.82) is 0 Å². The van der Waals surface area contributed by atoms with Gasteiger partial charge in [0.1, 0.15) is 5.82 Å². The Morgan fingerprint density at radius 3 is 2.76 bits per heavy atom. The van der Waals surface area contributed by atoms with Crippen molar-refractivity contribution in [2.45, 2.75) is 43.5 Å². The Hall–Kier alpha value is -0.540. The minimum Gasteiger partial charge on any atom is -0.324 e. The first kappa shape index (κ1) is 12.9. The summed E-state index contributed by atoms with van der Waals surface area (Å²) in [6, 6.07) is 5.03.